The van der Waals surface area contributed by atoms with Gasteiger partial charge in [0.05, 0.1) is 13.2 Å². The summed E-state index contributed by atoms with van der Waals surface area (Å²) in [6.45, 7) is 4.00. The topological polar surface area (TPSA) is 42.4 Å². The number of aryl methyl sites for hydroxylation is 2. The van der Waals surface area contributed by atoms with Gasteiger partial charge >= 0.3 is 0 Å². The molecule has 3 nitrogen and oxygen atoms in total. The maximum atomic E-state index is 10.4. The highest BCUT2D eigenvalue weighted by Crippen LogP contribution is 2.28. The van der Waals surface area contributed by atoms with Gasteiger partial charge in [0.2, 0.25) is 0 Å². The third-order valence-corrected chi connectivity index (χ3v) is 3.25. The quantitative estimate of drug-likeness (QED) is 0.915. The first-order valence-electron chi connectivity index (χ1n) is 6.35. The van der Waals surface area contributed by atoms with Crippen molar-refractivity contribution in [1.82, 2.24) is 4.98 Å². The fraction of sp³-hybridized carbons (Fsp3) is 0.312. The van der Waals surface area contributed by atoms with Gasteiger partial charge in [-0.2, -0.15) is 0 Å². The molecule has 2 rings (SSSR count). The number of nitrogens with zero attached hydrogens (tertiary/aromatic N) is 1. The molecule has 0 saturated carbocycles. The van der Waals surface area contributed by atoms with Crippen molar-refractivity contribution in [3.8, 4) is 5.75 Å². The Bertz CT molecular complexity index is 566. The summed E-state index contributed by atoms with van der Waals surface area (Å²) >= 11 is 0. The lowest BCUT2D eigenvalue weighted by Crippen LogP contribution is -2.07. The lowest BCUT2D eigenvalue weighted by Gasteiger charge is -2.16. The van der Waals surface area contributed by atoms with E-state index in [9.17, 15) is 5.11 Å². The van der Waals surface area contributed by atoms with Crippen molar-refractivity contribution in [2.45, 2.75) is 26.4 Å². The van der Waals surface area contributed by atoms with Crippen molar-refractivity contribution in [3.63, 3.8) is 0 Å². The number of benzene rings is 1. The molecule has 0 amide bonds. The second-order valence-corrected chi connectivity index (χ2v) is 4.73. The second-order valence-electron chi connectivity index (χ2n) is 4.73. The van der Waals surface area contributed by atoms with Gasteiger partial charge in [-0.3, -0.25) is 4.98 Å². The molecule has 1 aromatic heterocycles. The number of aliphatic hydroxyl groups excluding tert-OH is 1. The summed E-state index contributed by atoms with van der Waals surface area (Å²) in [6.07, 6.45) is 1.64. The van der Waals surface area contributed by atoms with Crippen LogP contribution in [-0.4, -0.2) is 17.2 Å². The lowest BCUT2D eigenvalue weighted by atomic mass is 10.00. The normalized spacial score (nSPS) is 12.2. The minimum Gasteiger partial charge on any atom is -0.496 e. The highest BCUT2D eigenvalue weighted by Gasteiger charge is 2.15. The van der Waals surface area contributed by atoms with Gasteiger partial charge in [-0.05, 0) is 37.6 Å². The Balaban J connectivity index is 2.27. The molecule has 0 bridgehead atoms. The van der Waals surface area contributed by atoms with Crippen molar-refractivity contribution < 1.29 is 9.84 Å². The summed E-state index contributed by atoms with van der Waals surface area (Å²) in [5, 5.41) is 10.4. The van der Waals surface area contributed by atoms with Gasteiger partial charge < -0.3 is 9.84 Å². The average molecular weight is 257 g/mol. The van der Waals surface area contributed by atoms with Crippen LogP contribution >= 0.6 is 0 Å². The molecule has 0 aliphatic rings. The predicted octanol–water partition coefficient (Wildman–Crippen LogP) is 2.98. The zero-order chi connectivity index (χ0) is 13.8. The smallest absolute Gasteiger partial charge is 0.124 e. The van der Waals surface area contributed by atoms with E-state index in [0.29, 0.717) is 12.2 Å². The van der Waals surface area contributed by atoms with E-state index in [1.54, 1.807) is 13.3 Å². The molecule has 0 spiro atoms. The summed E-state index contributed by atoms with van der Waals surface area (Å²) in [5.74, 6) is 0.715. The number of ether oxygens (including phenoxy) is 1. The van der Waals surface area contributed by atoms with E-state index < -0.39 is 6.10 Å². The standard InChI is InChI=1S/C16H19NO2/c1-11-6-7-16(19-3)13(9-11)15(18)10-14-12(2)5-4-8-17-14/h4-9,15,18H,10H2,1-3H3. The summed E-state index contributed by atoms with van der Waals surface area (Å²) in [5.41, 5.74) is 3.92. The molecule has 1 heterocycles. The average Bonchev–Trinajstić information content (AvgIpc) is 2.41. The molecule has 3 heteroatoms. The largest absolute Gasteiger partial charge is 0.496 e. The predicted molar refractivity (Wildman–Crippen MR) is 75.4 cm³/mol. The highest BCUT2D eigenvalue weighted by atomic mass is 16.5. The molecular formula is C16H19NO2. The summed E-state index contributed by atoms with van der Waals surface area (Å²) < 4.78 is 5.31. The van der Waals surface area contributed by atoms with Gasteiger partial charge in [0.15, 0.2) is 0 Å². The Kier molecular flexibility index (Phi) is 4.17. The fourth-order valence-electron chi connectivity index (χ4n) is 2.14. The number of rotatable bonds is 4. The van der Waals surface area contributed by atoms with Crippen LogP contribution in [0.1, 0.15) is 28.5 Å². The molecule has 1 atom stereocenters. The molecule has 1 aromatic carbocycles. The van der Waals surface area contributed by atoms with Crippen molar-refractivity contribution in [2.24, 2.45) is 0 Å². The first-order chi connectivity index (χ1) is 9.11. The van der Waals surface area contributed by atoms with E-state index in [-0.39, 0.29) is 0 Å². The molecule has 0 aliphatic carbocycles. The number of pyridine rings is 1. The minimum atomic E-state index is -0.608. The zero-order valence-electron chi connectivity index (χ0n) is 11.6. The van der Waals surface area contributed by atoms with E-state index in [4.69, 9.17) is 4.74 Å². The van der Waals surface area contributed by atoms with E-state index >= 15 is 0 Å². The molecule has 1 unspecified atom stereocenters. The molecule has 0 radical (unpaired) electrons. The lowest BCUT2D eigenvalue weighted by molar-refractivity contribution is 0.172. The number of hydrogen-bond donors (Lipinski definition) is 1. The van der Waals surface area contributed by atoms with Gasteiger partial charge in [0.1, 0.15) is 5.75 Å². The van der Waals surface area contributed by atoms with Crippen LogP contribution in [0.25, 0.3) is 0 Å². The highest BCUT2D eigenvalue weighted by molar-refractivity contribution is 5.39. The van der Waals surface area contributed by atoms with Crippen LogP contribution in [0.3, 0.4) is 0 Å². The Morgan fingerprint density at radius 2 is 2.05 bits per heavy atom. The van der Waals surface area contributed by atoms with Crippen LogP contribution in [0.2, 0.25) is 0 Å². The van der Waals surface area contributed by atoms with E-state index in [0.717, 1.165) is 22.4 Å². The second kappa shape index (κ2) is 5.85. The molecule has 0 fully saturated rings. The molecular weight excluding hydrogens is 238 g/mol. The number of aromatic nitrogens is 1. The van der Waals surface area contributed by atoms with Gasteiger partial charge in [-0.15, -0.1) is 0 Å². The summed E-state index contributed by atoms with van der Waals surface area (Å²) in [4.78, 5) is 4.32. The SMILES string of the molecule is COc1ccc(C)cc1C(O)Cc1ncccc1C. The van der Waals surface area contributed by atoms with Gasteiger partial charge in [-0.1, -0.05) is 17.7 Å². The van der Waals surface area contributed by atoms with Crippen molar-refractivity contribution >= 4 is 0 Å². The Labute approximate surface area is 113 Å². The van der Waals surface area contributed by atoms with Crippen LogP contribution in [0.5, 0.6) is 5.75 Å². The van der Waals surface area contributed by atoms with Crippen molar-refractivity contribution in [3.05, 3.63) is 58.9 Å². The maximum Gasteiger partial charge on any atom is 0.124 e. The first-order valence-corrected chi connectivity index (χ1v) is 6.35. The summed E-state index contributed by atoms with van der Waals surface area (Å²) in [6, 6.07) is 9.73. The summed E-state index contributed by atoms with van der Waals surface area (Å²) in [7, 11) is 1.62. The Morgan fingerprint density at radius 1 is 1.26 bits per heavy atom. The number of aliphatic hydroxyl groups is 1. The van der Waals surface area contributed by atoms with Crippen molar-refractivity contribution in [2.75, 3.05) is 7.11 Å². The van der Waals surface area contributed by atoms with Crippen LogP contribution in [0.4, 0.5) is 0 Å². The van der Waals surface area contributed by atoms with Gasteiger partial charge in [0.25, 0.3) is 0 Å². The van der Waals surface area contributed by atoms with Crippen LogP contribution in [0, 0.1) is 13.8 Å². The number of methoxy groups -OCH3 is 1. The Hall–Kier alpha value is -1.87. The zero-order valence-corrected chi connectivity index (χ0v) is 11.6. The maximum absolute atomic E-state index is 10.4. The molecule has 0 saturated heterocycles. The van der Waals surface area contributed by atoms with E-state index in [2.05, 4.69) is 4.98 Å². The van der Waals surface area contributed by atoms with Crippen LogP contribution < -0.4 is 4.74 Å². The van der Waals surface area contributed by atoms with E-state index in [1.807, 2.05) is 44.2 Å². The van der Waals surface area contributed by atoms with Crippen LogP contribution in [0.15, 0.2) is 36.5 Å². The van der Waals surface area contributed by atoms with E-state index in [1.165, 1.54) is 0 Å². The Morgan fingerprint density at radius 3 is 2.74 bits per heavy atom. The molecule has 100 valence electrons. The van der Waals surface area contributed by atoms with Gasteiger partial charge in [0, 0.05) is 23.9 Å². The molecule has 1 N–H and O–H groups in total. The third kappa shape index (κ3) is 3.12. The molecule has 19 heavy (non-hydrogen) atoms. The minimum absolute atomic E-state index is 0.493. The third-order valence-electron chi connectivity index (χ3n) is 3.25. The molecule has 0 aliphatic heterocycles. The van der Waals surface area contributed by atoms with Crippen molar-refractivity contribution in [1.29, 1.82) is 0 Å². The monoisotopic (exact) mass is 257 g/mol. The fourth-order valence-corrected chi connectivity index (χ4v) is 2.14. The molecule has 2 aromatic rings. The number of hydrogen-bond acceptors (Lipinski definition) is 3. The van der Waals surface area contributed by atoms with Crippen LogP contribution in [-0.2, 0) is 6.42 Å². The first kappa shape index (κ1) is 13.6. The van der Waals surface area contributed by atoms with Gasteiger partial charge in [-0.25, -0.2) is 0 Å².